The zero-order valence-corrected chi connectivity index (χ0v) is 11.1. The molecule has 0 bridgehead atoms. The number of hydrogen-bond donors (Lipinski definition) is 1. The molecule has 0 aliphatic carbocycles. The Morgan fingerprint density at radius 2 is 2.09 bits per heavy atom. The van der Waals surface area contributed by atoms with Gasteiger partial charge in [-0.1, -0.05) is 12.1 Å². The number of benzene rings is 1. The van der Waals surface area contributed by atoms with E-state index in [0.717, 1.165) is 18.2 Å². The van der Waals surface area contributed by atoms with Crippen LogP contribution in [-0.4, -0.2) is 11.3 Å². The Balaban J connectivity index is 2.54. The van der Waals surface area contributed by atoms with Crippen LogP contribution in [-0.2, 0) is 5.54 Å². The van der Waals surface area contributed by atoms with Gasteiger partial charge in [0.05, 0.1) is 11.0 Å². The number of hydrogen-bond acceptors (Lipinski definition) is 5. The maximum atomic E-state index is 13.2. The Bertz CT molecular complexity index is 752. The monoisotopic (exact) mass is 329 g/mol. The van der Waals surface area contributed by atoms with Gasteiger partial charge in [-0.3, -0.25) is 10.1 Å². The molecular formula is C13H7F4N3O3. The van der Waals surface area contributed by atoms with Gasteiger partial charge in [0, 0.05) is 11.8 Å². The number of halogens is 4. The molecule has 23 heavy (non-hydrogen) atoms. The number of nitriles is 1. The van der Waals surface area contributed by atoms with Crippen molar-refractivity contribution >= 4 is 0 Å². The van der Waals surface area contributed by atoms with Crippen LogP contribution in [0.3, 0.4) is 0 Å². The molecule has 1 aliphatic heterocycles. The number of nitro groups is 1. The van der Waals surface area contributed by atoms with E-state index in [1.54, 1.807) is 6.07 Å². The maximum absolute atomic E-state index is 13.2. The van der Waals surface area contributed by atoms with Gasteiger partial charge >= 0.3 is 6.36 Å². The van der Waals surface area contributed by atoms with Crippen molar-refractivity contribution < 1.29 is 27.2 Å². The van der Waals surface area contributed by atoms with Crippen molar-refractivity contribution in [2.45, 2.75) is 11.9 Å². The number of dihydropyridines is 1. The summed E-state index contributed by atoms with van der Waals surface area (Å²) in [6, 6.07) is 5.71. The molecule has 1 N–H and O–H groups in total. The van der Waals surface area contributed by atoms with Gasteiger partial charge in [0.2, 0.25) is 5.54 Å². The first-order valence-electron chi connectivity index (χ1n) is 5.95. The molecule has 6 nitrogen and oxygen atoms in total. The molecule has 0 spiro atoms. The second kappa shape index (κ2) is 5.60. The molecule has 0 aromatic heterocycles. The van der Waals surface area contributed by atoms with Crippen LogP contribution in [0.4, 0.5) is 17.6 Å². The van der Waals surface area contributed by atoms with Crippen molar-refractivity contribution in [1.82, 2.24) is 5.32 Å². The predicted octanol–water partition coefficient (Wildman–Crippen LogP) is 2.88. The summed E-state index contributed by atoms with van der Waals surface area (Å²) < 4.78 is 53.8. The van der Waals surface area contributed by atoms with Crippen LogP contribution < -0.4 is 10.1 Å². The Morgan fingerprint density at radius 3 is 2.65 bits per heavy atom. The fraction of sp³-hybridized carbons (Fsp3) is 0.154. The van der Waals surface area contributed by atoms with Crippen molar-refractivity contribution in [2.75, 3.05) is 0 Å². The zero-order valence-electron chi connectivity index (χ0n) is 11.1. The van der Waals surface area contributed by atoms with Crippen molar-refractivity contribution in [3.05, 3.63) is 63.7 Å². The van der Waals surface area contributed by atoms with E-state index < -0.39 is 34.1 Å². The van der Waals surface area contributed by atoms with Gasteiger partial charge in [-0.2, -0.15) is 5.26 Å². The van der Waals surface area contributed by atoms with E-state index in [0.29, 0.717) is 12.3 Å². The highest BCUT2D eigenvalue weighted by molar-refractivity contribution is 5.47. The lowest BCUT2D eigenvalue weighted by atomic mass is 9.86. The fourth-order valence-corrected chi connectivity index (χ4v) is 2.03. The Hall–Kier alpha value is -3.09. The first-order chi connectivity index (χ1) is 10.7. The van der Waals surface area contributed by atoms with Gasteiger partial charge in [-0.15, -0.1) is 13.2 Å². The number of rotatable bonds is 3. The van der Waals surface area contributed by atoms with Crippen LogP contribution in [0.25, 0.3) is 0 Å². The fourth-order valence-electron chi connectivity index (χ4n) is 2.03. The number of allylic oxidation sites excluding steroid dienone is 2. The van der Waals surface area contributed by atoms with Crippen LogP contribution in [0.15, 0.2) is 48.1 Å². The minimum atomic E-state index is -4.97. The molecule has 1 aliphatic rings. The van der Waals surface area contributed by atoms with Crippen LogP contribution in [0.1, 0.15) is 5.56 Å². The summed E-state index contributed by atoms with van der Waals surface area (Å²) in [5.74, 6) is -1.66. The summed E-state index contributed by atoms with van der Waals surface area (Å²) in [6.07, 6.45) is -3.73. The number of nitrogens with zero attached hydrogens (tertiary/aromatic N) is 2. The third-order valence-electron chi connectivity index (χ3n) is 2.95. The van der Waals surface area contributed by atoms with Crippen molar-refractivity contribution in [2.24, 2.45) is 0 Å². The smallest absolute Gasteiger partial charge is 0.406 e. The topological polar surface area (TPSA) is 88.2 Å². The normalized spacial score (nSPS) is 20.7. The average Bonchev–Trinajstić information content (AvgIpc) is 2.46. The summed E-state index contributed by atoms with van der Waals surface area (Å²) in [7, 11) is 0. The molecule has 10 heteroatoms. The highest BCUT2D eigenvalue weighted by Crippen LogP contribution is 2.35. The van der Waals surface area contributed by atoms with Gasteiger partial charge in [-0.05, 0) is 12.1 Å². The first-order valence-corrected chi connectivity index (χ1v) is 5.95. The van der Waals surface area contributed by atoms with E-state index in [4.69, 9.17) is 0 Å². The third-order valence-corrected chi connectivity index (χ3v) is 2.95. The molecule has 1 aromatic carbocycles. The number of nitrogens with one attached hydrogen (secondary N) is 1. The van der Waals surface area contributed by atoms with E-state index in [1.165, 1.54) is 6.07 Å². The SMILES string of the molecule is N#CC1(c2cccc(OC(F)(F)F)c2)NC=C(F)C=C1[N+](=O)[O-]. The van der Waals surface area contributed by atoms with Gasteiger partial charge in [-0.25, -0.2) is 4.39 Å². The van der Waals surface area contributed by atoms with Crippen LogP contribution in [0.2, 0.25) is 0 Å². The highest BCUT2D eigenvalue weighted by atomic mass is 19.4. The van der Waals surface area contributed by atoms with E-state index in [-0.39, 0.29) is 5.56 Å². The summed E-state index contributed by atoms with van der Waals surface area (Å²) in [4.78, 5) is 10.1. The van der Waals surface area contributed by atoms with Crippen LogP contribution in [0.5, 0.6) is 5.75 Å². The minimum absolute atomic E-state index is 0.201. The largest absolute Gasteiger partial charge is 0.573 e. The molecule has 2 rings (SSSR count). The van der Waals surface area contributed by atoms with E-state index >= 15 is 0 Å². The van der Waals surface area contributed by atoms with Gasteiger partial charge in [0.25, 0.3) is 5.70 Å². The third kappa shape index (κ3) is 3.23. The minimum Gasteiger partial charge on any atom is -0.406 e. The van der Waals surface area contributed by atoms with Crippen molar-refractivity contribution in [3.8, 4) is 11.8 Å². The van der Waals surface area contributed by atoms with E-state index in [2.05, 4.69) is 10.1 Å². The Morgan fingerprint density at radius 1 is 1.39 bits per heavy atom. The summed E-state index contributed by atoms with van der Waals surface area (Å²) in [5, 5.41) is 22.7. The first kappa shape index (κ1) is 16.3. The molecule has 0 amide bonds. The lowest BCUT2D eigenvalue weighted by Crippen LogP contribution is -2.44. The second-order valence-corrected chi connectivity index (χ2v) is 4.40. The summed E-state index contributed by atoms with van der Waals surface area (Å²) >= 11 is 0. The maximum Gasteiger partial charge on any atom is 0.573 e. The van der Waals surface area contributed by atoms with E-state index in [1.807, 2.05) is 0 Å². The molecule has 1 unspecified atom stereocenters. The molecule has 1 atom stereocenters. The lowest BCUT2D eigenvalue weighted by Gasteiger charge is -2.27. The lowest BCUT2D eigenvalue weighted by molar-refractivity contribution is -0.435. The van der Waals surface area contributed by atoms with Gasteiger partial charge in [0.1, 0.15) is 17.6 Å². The predicted molar refractivity (Wildman–Crippen MR) is 67.8 cm³/mol. The molecule has 0 saturated carbocycles. The van der Waals surface area contributed by atoms with Crippen LogP contribution in [0, 0.1) is 21.4 Å². The zero-order chi connectivity index (χ0) is 17.3. The Labute approximate surface area is 126 Å². The highest BCUT2D eigenvalue weighted by Gasteiger charge is 2.47. The molecule has 0 saturated heterocycles. The van der Waals surface area contributed by atoms with Crippen LogP contribution >= 0.6 is 0 Å². The second-order valence-electron chi connectivity index (χ2n) is 4.40. The molecule has 1 heterocycles. The molecule has 1 aromatic rings. The summed E-state index contributed by atoms with van der Waals surface area (Å²) in [6.45, 7) is 0. The van der Waals surface area contributed by atoms with Gasteiger partial charge < -0.3 is 10.1 Å². The number of ether oxygens (including phenoxy) is 1. The number of alkyl halides is 3. The molecule has 0 radical (unpaired) electrons. The Kier molecular flexibility index (Phi) is 3.97. The summed E-state index contributed by atoms with van der Waals surface area (Å²) in [5.41, 5.74) is -3.21. The van der Waals surface area contributed by atoms with Crippen molar-refractivity contribution in [1.29, 1.82) is 5.26 Å². The van der Waals surface area contributed by atoms with Gasteiger partial charge in [0.15, 0.2) is 0 Å². The quantitative estimate of drug-likeness (QED) is 0.523. The molecular weight excluding hydrogens is 322 g/mol. The average molecular weight is 329 g/mol. The van der Waals surface area contributed by atoms with E-state index in [9.17, 15) is 32.9 Å². The molecule has 120 valence electrons. The molecule has 0 fully saturated rings. The standard InChI is InChI=1S/C13H7F4N3O3/c14-9-5-11(20(21)22)12(7-18,19-6-9)8-2-1-3-10(4-8)23-13(15,16)17/h1-6,19H. The van der Waals surface area contributed by atoms with Crippen molar-refractivity contribution in [3.63, 3.8) is 0 Å².